The fourth-order valence-electron chi connectivity index (χ4n) is 2.26. The molecular weight excluding hydrogens is 264 g/mol. The second-order valence-corrected chi connectivity index (χ2v) is 5.32. The van der Waals surface area contributed by atoms with Crippen LogP contribution in [0.2, 0.25) is 0 Å². The molecule has 0 bridgehead atoms. The van der Waals surface area contributed by atoms with Gasteiger partial charge in [-0.15, -0.1) is 0 Å². The number of nitrogens with zero attached hydrogens (tertiary/aromatic N) is 1. The number of urea groups is 1. The molecule has 0 aliphatic carbocycles. The third-order valence-electron chi connectivity index (χ3n) is 3.45. The molecule has 0 saturated carbocycles. The quantitative estimate of drug-likeness (QED) is 0.741. The van der Waals surface area contributed by atoms with Crippen LogP contribution in [-0.4, -0.2) is 54.2 Å². The van der Waals surface area contributed by atoms with E-state index in [2.05, 4.69) is 10.1 Å². The number of nitrogens with one attached hydrogen (secondary N) is 1. The number of carbonyl (C=O) groups excluding carboxylic acids is 2. The first-order chi connectivity index (χ1) is 9.36. The number of piperidine rings is 1. The first-order valence-electron chi connectivity index (χ1n) is 6.72. The van der Waals surface area contributed by atoms with Crippen molar-refractivity contribution < 1.29 is 24.2 Å². The molecule has 1 rings (SSSR count). The van der Waals surface area contributed by atoms with E-state index in [0.717, 1.165) is 0 Å². The summed E-state index contributed by atoms with van der Waals surface area (Å²) < 4.78 is 4.68. The van der Waals surface area contributed by atoms with E-state index in [1.54, 1.807) is 13.8 Å². The molecule has 0 aromatic rings. The van der Waals surface area contributed by atoms with E-state index in [0.29, 0.717) is 19.4 Å². The van der Waals surface area contributed by atoms with Crippen molar-refractivity contribution in [3.05, 3.63) is 0 Å². The summed E-state index contributed by atoms with van der Waals surface area (Å²) in [5, 5.41) is 11.6. The third kappa shape index (κ3) is 4.11. The zero-order valence-corrected chi connectivity index (χ0v) is 12.1. The minimum absolute atomic E-state index is 0.211. The Morgan fingerprint density at radius 2 is 2.00 bits per heavy atom. The maximum atomic E-state index is 12.1. The maximum absolute atomic E-state index is 12.1. The molecule has 7 nitrogen and oxygen atoms in total. The molecule has 1 saturated heterocycles. The first-order valence-corrected chi connectivity index (χ1v) is 6.72. The lowest BCUT2D eigenvalue weighted by molar-refractivity contribution is -0.147. The summed E-state index contributed by atoms with van der Waals surface area (Å²) in [7, 11) is 1.32. The topological polar surface area (TPSA) is 95.9 Å². The third-order valence-corrected chi connectivity index (χ3v) is 3.45. The highest BCUT2D eigenvalue weighted by Gasteiger charge is 2.31. The van der Waals surface area contributed by atoms with Crippen molar-refractivity contribution in [1.29, 1.82) is 0 Å². The molecule has 2 atom stereocenters. The first kappa shape index (κ1) is 16.3. The van der Waals surface area contributed by atoms with Crippen LogP contribution in [0.5, 0.6) is 0 Å². The van der Waals surface area contributed by atoms with Crippen LogP contribution in [0, 0.1) is 11.8 Å². The normalized spacial score (nSPS) is 20.4. The molecule has 2 unspecified atom stereocenters. The monoisotopic (exact) mass is 286 g/mol. The lowest BCUT2D eigenvalue weighted by Gasteiger charge is -2.32. The van der Waals surface area contributed by atoms with Gasteiger partial charge in [-0.25, -0.2) is 9.59 Å². The predicted octanol–water partition coefficient (Wildman–Crippen LogP) is 0.690. The van der Waals surface area contributed by atoms with E-state index >= 15 is 0 Å². The molecular formula is C13H22N2O5. The van der Waals surface area contributed by atoms with Gasteiger partial charge >= 0.3 is 18.0 Å². The number of carboxylic acid groups (broad SMARTS) is 1. The van der Waals surface area contributed by atoms with Crippen LogP contribution < -0.4 is 5.32 Å². The molecule has 1 heterocycles. The second kappa shape index (κ2) is 7.12. The van der Waals surface area contributed by atoms with Gasteiger partial charge in [0.25, 0.3) is 0 Å². The van der Waals surface area contributed by atoms with Crippen LogP contribution >= 0.6 is 0 Å². The van der Waals surface area contributed by atoms with Crippen molar-refractivity contribution in [3.8, 4) is 0 Å². The van der Waals surface area contributed by atoms with Gasteiger partial charge in [0.05, 0.1) is 13.0 Å². The van der Waals surface area contributed by atoms with E-state index in [4.69, 9.17) is 5.11 Å². The summed E-state index contributed by atoms with van der Waals surface area (Å²) in [6.07, 6.45) is 1.38. The van der Waals surface area contributed by atoms with Gasteiger partial charge in [-0.1, -0.05) is 13.8 Å². The Kier molecular flexibility index (Phi) is 5.79. The van der Waals surface area contributed by atoms with Gasteiger partial charge in [0, 0.05) is 13.1 Å². The largest absolute Gasteiger partial charge is 0.480 e. The molecule has 20 heavy (non-hydrogen) atoms. The number of methoxy groups -OCH3 is 1. The molecule has 0 radical (unpaired) electrons. The average Bonchev–Trinajstić information content (AvgIpc) is 2.42. The molecule has 0 aromatic heterocycles. The summed E-state index contributed by atoms with van der Waals surface area (Å²) in [6.45, 7) is 4.24. The van der Waals surface area contributed by atoms with Gasteiger partial charge < -0.3 is 20.1 Å². The molecule has 0 spiro atoms. The fraction of sp³-hybridized carbons (Fsp3) is 0.769. The Balaban J connectivity index is 2.62. The summed E-state index contributed by atoms with van der Waals surface area (Å²) >= 11 is 0. The fourth-order valence-corrected chi connectivity index (χ4v) is 2.26. The van der Waals surface area contributed by atoms with E-state index < -0.39 is 18.0 Å². The summed E-state index contributed by atoms with van der Waals surface area (Å²) in [5.41, 5.74) is 0. The number of amides is 2. The number of likely N-dealkylation sites (tertiary alicyclic amines) is 1. The van der Waals surface area contributed by atoms with E-state index in [9.17, 15) is 14.4 Å². The number of rotatable bonds is 4. The van der Waals surface area contributed by atoms with Gasteiger partial charge in [0.2, 0.25) is 0 Å². The van der Waals surface area contributed by atoms with Crippen molar-refractivity contribution in [1.82, 2.24) is 10.2 Å². The van der Waals surface area contributed by atoms with Crippen molar-refractivity contribution >= 4 is 18.0 Å². The van der Waals surface area contributed by atoms with Gasteiger partial charge in [-0.05, 0) is 18.8 Å². The van der Waals surface area contributed by atoms with Crippen LogP contribution in [0.3, 0.4) is 0 Å². The maximum Gasteiger partial charge on any atom is 0.326 e. The molecule has 2 amide bonds. The van der Waals surface area contributed by atoms with E-state index in [1.165, 1.54) is 12.0 Å². The minimum atomic E-state index is -1.06. The number of hydrogen-bond acceptors (Lipinski definition) is 4. The van der Waals surface area contributed by atoms with E-state index in [-0.39, 0.29) is 24.3 Å². The molecule has 2 N–H and O–H groups in total. The zero-order chi connectivity index (χ0) is 15.3. The zero-order valence-electron chi connectivity index (χ0n) is 12.1. The van der Waals surface area contributed by atoms with Crippen molar-refractivity contribution in [2.45, 2.75) is 32.7 Å². The highest BCUT2D eigenvalue weighted by atomic mass is 16.5. The molecule has 114 valence electrons. The van der Waals surface area contributed by atoms with Crippen molar-refractivity contribution in [2.75, 3.05) is 20.2 Å². The minimum Gasteiger partial charge on any atom is -0.480 e. The number of esters is 1. The van der Waals surface area contributed by atoms with Crippen LogP contribution in [0.4, 0.5) is 4.79 Å². The molecule has 7 heteroatoms. The van der Waals surface area contributed by atoms with Crippen LogP contribution in [0.25, 0.3) is 0 Å². The second-order valence-electron chi connectivity index (χ2n) is 5.32. The Morgan fingerprint density at radius 3 is 2.50 bits per heavy atom. The van der Waals surface area contributed by atoms with Crippen LogP contribution in [0.15, 0.2) is 0 Å². The number of aliphatic carboxylic acids is 1. The summed E-state index contributed by atoms with van der Waals surface area (Å²) in [5.74, 6) is -1.93. The Labute approximate surface area is 118 Å². The molecule has 1 fully saturated rings. The van der Waals surface area contributed by atoms with Gasteiger partial charge in [-0.3, -0.25) is 4.79 Å². The standard InChI is InChI=1S/C13H22N2O5/c1-8(2)10(11(16)17)14-13(19)15-6-4-5-9(7-15)12(18)20-3/h8-10H,4-7H2,1-3H3,(H,14,19)(H,16,17). The Hall–Kier alpha value is -1.79. The summed E-state index contributed by atoms with van der Waals surface area (Å²) in [6, 6.07) is -1.37. The number of carboxylic acids is 1. The van der Waals surface area contributed by atoms with Crippen LogP contribution in [-0.2, 0) is 14.3 Å². The molecule has 1 aliphatic rings. The Morgan fingerprint density at radius 1 is 1.35 bits per heavy atom. The number of carbonyl (C=O) groups is 3. The lowest BCUT2D eigenvalue weighted by Crippen LogP contribution is -2.53. The predicted molar refractivity (Wildman–Crippen MR) is 71.1 cm³/mol. The van der Waals surface area contributed by atoms with Crippen molar-refractivity contribution in [2.24, 2.45) is 11.8 Å². The SMILES string of the molecule is COC(=O)C1CCCN(C(=O)NC(C(=O)O)C(C)C)C1. The van der Waals surface area contributed by atoms with Gasteiger partial charge in [0.1, 0.15) is 6.04 Å². The summed E-state index contributed by atoms with van der Waals surface area (Å²) in [4.78, 5) is 36.1. The van der Waals surface area contributed by atoms with Gasteiger partial charge in [-0.2, -0.15) is 0 Å². The highest BCUT2D eigenvalue weighted by Crippen LogP contribution is 2.18. The number of hydrogen-bond donors (Lipinski definition) is 2. The van der Waals surface area contributed by atoms with Crippen molar-refractivity contribution in [3.63, 3.8) is 0 Å². The molecule has 1 aliphatic heterocycles. The van der Waals surface area contributed by atoms with E-state index in [1.807, 2.05) is 0 Å². The molecule has 0 aromatic carbocycles. The lowest BCUT2D eigenvalue weighted by atomic mass is 9.98. The van der Waals surface area contributed by atoms with Crippen LogP contribution in [0.1, 0.15) is 26.7 Å². The smallest absolute Gasteiger partial charge is 0.326 e. The van der Waals surface area contributed by atoms with Gasteiger partial charge in [0.15, 0.2) is 0 Å². The Bertz CT molecular complexity index is 383. The highest BCUT2D eigenvalue weighted by molar-refractivity contribution is 5.83. The average molecular weight is 286 g/mol. The number of ether oxygens (including phenoxy) is 1.